The standard InChI is InChI=1S/C23H23N5O4/c29-21(24-15-10-12-17(13-11-15)28(31)32)14-20-22(30)26(16-6-2-1-3-7-16)23-25-18-8-4-5-9-19(18)27(20)23/h4-5,8-13,16,20H,1-3,6-7,14H2,(H,24,29). The van der Waals surface area contributed by atoms with Gasteiger partial charge < -0.3 is 5.32 Å². The maximum atomic E-state index is 13.5. The number of aromatic nitrogens is 2. The van der Waals surface area contributed by atoms with E-state index in [1.807, 2.05) is 33.7 Å². The summed E-state index contributed by atoms with van der Waals surface area (Å²) in [6.45, 7) is 0. The number of hydrogen-bond donors (Lipinski definition) is 1. The Morgan fingerprint density at radius 1 is 1.09 bits per heavy atom. The van der Waals surface area contributed by atoms with Crippen LogP contribution in [0.4, 0.5) is 17.3 Å². The summed E-state index contributed by atoms with van der Waals surface area (Å²) in [7, 11) is 0. The molecule has 1 atom stereocenters. The van der Waals surface area contributed by atoms with Gasteiger partial charge in [0.2, 0.25) is 11.9 Å². The third-order valence-electron chi connectivity index (χ3n) is 6.31. The number of carbonyl (C=O) groups is 2. The van der Waals surface area contributed by atoms with Crippen LogP contribution in [0.3, 0.4) is 0 Å². The van der Waals surface area contributed by atoms with Gasteiger partial charge in [0.25, 0.3) is 11.6 Å². The van der Waals surface area contributed by atoms with Crippen molar-refractivity contribution in [3.8, 4) is 0 Å². The second-order valence-electron chi connectivity index (χ2n) is 8.34. The molecule has 1 aliphatic heterocycles. The van der Waals surface area contributed by atoms with Gasteiger partial charge in [-0.15, -0.1) is 0 Å². The number of amides is 2. The smallest absolute Gasteiger partial charge is 0.269 e. The van der Waals surface area contributed by atoms with Crippen molar-refractivity contribution in [1.29, 1.82) is 0 Å². The van der Waals surface area contributed by atoms with Crippen LogP contribution in [0.15, 0.2) is 48.5 Å². The Balaban J connectivity index is 1.42. The molecule has 1 saturated carbocycles. The molecule has 3 aromatic rings. The summed E-state index contributed by atoms with van der Waals surface area (Å²) in [5, 5.41) is 13.6. The molecule has 2 aromatic carbocycles. The van der Waals surface area contributed by atoms with Crippen LogP contribution in [0, 0.1) is 10.1 Å². The number of anilines is 2. The number of nitrogens with zero attached hydrogens (tertiary/aromatic N) is 4. The van der Waals surface area contributed by atoms with Gasteiger partial charge in [0.05, 0.1) is 22.4 Å². The summed E-state index contributed by atoms with van der Waals surface area (Å²) >= 11 is 0. The SMILES string of the molecule is O=C(CC1C(=O)N(C2CCCCC2)c2nc3ccccc3n21)Nc1ccc([N+](=O)[O-])cc1. The lowest BCUT2D eigenvalue weighted by Gasteiger charge is -2.30. The van der Waals surface area contributed by atoms with Gasteiger partial charge in [-0.1, -0.05) is 31.4 Å². The van der Waals surface area contributed by atoms with E-state index in [1.165, 1.54) is 30.7 Å². The van der Waals surface area contributed by atoms with E-state index in [0.717, 1.165) is 36.7 Å². The predicted molar refractivity (Wildman–Crippen MR) is 119 cm³/mol. The van der Waals surface area contributed by atoms with Gasteiger partial charge in [-0.05, 0) is 37.1 Å². The molecule has 2 heterocycles. The van der Waals surface area contributed by atoms with E-state index in [0.29, 0.717) is 11.6 Å². The minimum Gasteiger partial charge on any atom is -0.326 e. The van der Waals surface area contributed by atoms with Crippen molar-refractivity contribution in [3.63, 3.8) is 0 Å². The van der Waals surface area contributed by atoms with Gasteiger partial charge in [0, 0.05) is 23.9 Å². The Kier molecular flexibility index (Phi) is 5.08. The Hall–Kier alpha value is -3.75. The zero-order chi connectivity index (χ0) is 22.2. The highest BCUT2D eigenvalue weighted by Gasteiger charge is 2.44. The fourth-order valence-electron chi connectivity index (χ4n) is 4.79. The van der Waals surface area contributed by atoms with Gasteiger partial charge in [-0.25, -0.2) is 4.98 Å². The summed E-state index contributed by atoms with van der Waals surface area (Å²) in [5.41, 5.74) is 2.04. The van der Waals surface area contributed by atoms with Crippen LogP contribution in [0.1, 0.15) is 44.6 Å². The lowest BCUT2D eigenvalue weighted by Crippen LogP contribution is -2.41. The van der Waals surface area contributed by atoms with E-state index < -0.39 is 11.0 Å². The van der Waals surface area contributed by atoms with E-state index in [1.54, 1.807) is 0 Å². The molecule has 2 aliphatic rings. The molecule has 9 nitrogen and oxygen atoms in total. The Morgan fingerprint density at radius 2 is 1.81 bits per heavy atom. The van der Waals surface area contributed by atoms with Gasteiger partial charge in [-0.3, -0.25) is 29.2 Å². The Bertz CT molecular complexity index is 1200. The zero-order valence-corrected chi connectivity index (χ0v) is 17.4. The molecule has 32 heavy (non-hydrogen) atoms. The van der Waals surface area contributed by atoms with Crippen molar-refractivity contribution >= 4 is 40.2 Å². The molecule has 1 aliphatic carbocycles. The van der Waals surface area contributed by atoms with Gasteiger partial charge in [-0.2, -0.15) is 0 Å². The number of nitro groups is 1. The molecular weight excluding hydrogens is 410 g/mol. The summed E-state index contributed by atoms with van der Waals surface area (Å²) in [6, 6.07) is 12.7. The molecule has 1 unspecified atom stereocenters. The third-order valence-corrected chi connectivity index (χ3v) is 6.31. The molecule has 2 amide bonds. The van der Waals surface area contributed by atoms with Crippen molar-refractivity contribution in [2.24, 2.45) is 0 Å². The summed E-state index contributed by atoms with van der Waals surface area (Å²) in [5.74, 6) is 0.201. The quantitative estimate of drug-likeness (QED) is 0.479. The fourth-order valence-corrected chi connectivity index (χ4v) is 4.79. The lowest BCUT2D eigenvalue weighted by molar-refractivity contribution is -0.384. The highest BCUT2D eigenvalue weighted by Crippen LogP contribution is 2.40. The molecule has 0 saturated heterocycles. The van der Waals surface area contributed by atoms with E-state index in [4.69, 9.17) is 4.98 Å². The third kappa shape index (κ3) is 3.49. The van der Waals surface area contributed by atoms with Crippen LogP contribution in [-0.2, 0) is 9.59 Å². The monoisotopic (exact) mass is 433 g/mol. The number of carbonyl (C=O) groups excluding carboxylic acids is 2. The van der Waals surface area contributed by atoms with Crippen molar-refractivity contribution in [2.45, 2.75) is 50.6 Å². The number of nitrogens with one attached hydrogen (secondary N) is 1. The van der Waals surface area contributed by atoms with Crippen molar-refractivity contribution < 1.29 is 14.5 Å². The van der Waals surface area contributed by atoms with Crippen LogP contribution in [0.2, 0.25) is 0 Å². The first-order valence-electron chi connectivity index (χ1n) is 10.9. The first kappa shape index (κ1) is 20.2. The number of nitro benzene ring substituents is 1. The van der Waals surface area contributed by atoms with Gasteiger partial charge in [0.1, 0.15) is 6.04 Å². The summed E-state index contributed by atoms with van der Waals surface area (Å²) in [4.78, 5) is 43.2. The number of rotatable bonds is 5. The van der Waals surface area contributed by atoms with Gasteiger partial charge in [0.15, 0.2) is 0 Å². The molecule has 0 radical (unpaired) electrons. The highest BCUT2D eigenvalue weighted by molar-refractivity contribution is 6.05. The second-order valence-corrected chi connectivity index (χ2v) is 8.34. The van der Waals surface area contributed by atoms with Crippen molar-refractivity contribution in [3.05, 3.63) is 58.6 Å². The maximum Gasteiger partial charge on any atom is 0.269 e. The molecule has 0 spiro atoms. The van der Waals surface area contributed by atoms with Crippen molar-refractivity contribution in [2.75, 3.05) is 10.2 Å². The summed E-state index contributed by atoms with van der Waals surface area (Å²) in [6.07, 6.45) is 5.19. The van der Waals surface area contributed by atoms with E-state index in [-0.39, 0.29) is 30.0 Å². The molecule has 0 bridgehead atoms. The minimum atomic E-state index is -0.669. The van der Waals surface area contributed by atoms with Crippen molar-refractivity contribution in [1.82, 2.24) is 9.55 Å². The first-order valence-corrected chi connectivity index (χ1v) is 10.9. The van der Waals surface area contributed by atoms with E-state index in [2.05, 4.69) is 5.32 Å². The van der Waals surface area contributed by atoms with E-state index >= 15 is 0 Å². The number of para-hydroxylation sites is 2. The lowest BCUT2D eigenvalue weighted by atomic mass is 9.94. The zero-order valence-electron chi connectivity index (χ0n) is 17.4. The number of benzene rings is 2. The average Bonchev–Trinajstić information content (AvgIpc) is 3.29. The Morgan fingerprint density at radius 3 is 2.53 bits per heavy atom. The number of fused-ring (bicyclic) bond motifs is 3. The van der Waals surface area contributed by atoms with Crippen LogP contribution < -0.4 is 10.2 Å². The molecular formula is C23H23N5O4. The number of hydrogen-bond acceptors (Lipinski definition) is 5. The van der Waals surface area contributed by atoms with E-state index in [9.17, 15) is 19.7 Å². The minimum absolute atomic E-state index is 0.0353. The molecule has 9 heteroatoms. The average molecular weight is 433 g/mol. The van der Waals surface area contributed by atoms with Crippen LogP contribution >= 0.6 is 0 Å². The summed E-state index contributed by atoms with van der Waals surface area (Å²) < 4.78 is 1.89. The molecule has 5 rings (SSSR count). The molecule has 164 valence electrons. The first-order chi connectivity index (χ1) is 15.5. The maximum absolute atomic E-state index is 13.5. The van der Waals surface area contributed by atoms with Crippen LogP contribution in [0.25, 0.3) is 11.0 Å². The highest BCUT2D eigenvalue weighted by atomic mass is 16.6. The normalized spacial score (nSPS) is 18.7. The van der Waals surface area contributed by atoms with Crippen LogP contribution in [0.5, 0.6) is 0 Å². The molecule has 1 N–H and O–H groups in total. The number of imidazole rings is 1. The van der Waals surface area contributed by atoms with Crippen LogP contribution in [-0.4, -0.2) is 32.3 Å². The molecule has 1 fully saturated rings. The molecule has 1 aromatic heterocycles. The largest absolute Gasteiger partial charge is 0.326 e. The van der Waals surface area contributed by atoms with Gasteiger partial charge >= 0.3 is 0 Å². The fraction of sp³-hybridized carbons (Fsp3) is 0.348. The Labute approximate surface area is 184 Å². The number of non-ortho nitro benzene ring substituents is 1. The topological polar surface area (TPSA) is 110 Å². The second kappa shape index (κ2) is 8.07. The predicted octanol–water partition coefficient (Wildman–Crippen LogP) is 4.19.